The van der Waals surface area contributed by atoms with Crippen LogP contribution in [0.4, 0.5) is 4.79 Å². The lowest BCUT2D eigenvalue weighted by Crippen LogP contribution is -2.47. The zero-order chi connectivity index (χ0) is 13.7. The third kappa shape index (κ3) is 3.98. The van der Waals surface area contributed by atoms with Crippen LogP contribution in [0.3, 0.4) is 0 Å². The highest BCUT2D eigenvalue weighted by atomic mass is 16.4. The second-order valence-corrected chi connectivity index (χ2v) is 5.36. The van der Waals surface area contributed by atoms with Crippen molar-refractivity contribution in [1.82, 2.24) is 10.2 Å². The lowest BCUT2D eigenvalue weighted by atomic mass is 9.99. The van der Waals surface area contributed by atoms with E-state index in [1.54, 1.807) is 4.90 Å². The van der Waals surface area contributed by atoms with Crippen LogP contribution in [0.2, 0.25) is 0 Å². The quantitative estimate of drug-likeness (QED) is 0.765. The minimum absolute atomic E-state index is 0.121. The summed E-state index contributed by atoms with van der Waals surface area (Å²) in [5.41, 5.74) is 1.43. The summed E-state index contributed by atoms with van der Waals surface area (Å²) >= 11 is 0. The fraction of sp³-hybridized carbons (Fsp3) is 0.714. The van der Waals surface area contributed by atoms with Gasteiger partial charge in [0.1, 0.15) is 0 Å². The highest BCUT2D eigenvalue weighted by molar-refractivity contribution is 5.76. The highest BCUT2D eigenvalue weighted by Crippen LogP contribution is 2.20. The van der Waals surface area contributed by atoms with Crippen LogP contribution in [0.1, 0.15) is 38.5 Å². The van der Waals surface area contributed by atoms with Gasteiger partial charge in [0.05, 0.1) is 5.92 Å². The summed E-state index contributed by atoms with van der Waals surface area (Å²) in [5, 5.41) is 11.9. The fourth-order valence-corrected chi connectivity index (χ4v) is 2.77. The summed E-state index contributed by atoms with van der Waals surface area (Å²) in [6, 6.07) is -0.121. The zero-order valence-electron chi connectivity index (χ0n) is 11.2. The number of allylic oxidation sites excluding steroid dienone is 1. The van der Waals surface area contributed by atoms with Gasteiger partial charge in [-0.15, -0.1) is 0 Å². The van der Waals surface area contributed by atoms with Crippen LogP contribution in [-0.2, 0) is 4.79 Å². The van der Waals surface area contributed by atoms with Gasteiger partial charge in [-0.3, -0.25) is 4.79 Å². The smallest absolute Gasteiger partial charge is 0.317 e. The van der Waals surface area contributed by atoms with Crippen molar-refractivity contribution < 1.29 is 14.7 Å². The summed E-state index contributed by atoms with van der Waals surface area (Å²) < 4.78 is 0. The minimum Gasteiger partial charge on any atom is -0.481 e. The third-order valence-electron chi connectivity index (χ3n) is 3.92. The third-order valence-corrected chi connectivity index (χ3v) is 3.92. The zero-order valence-corrected chi connectivity index (χ0v) is 11.2. The van der Waals surface area contributed by atoms with Crippen molar-refractivity contribution in [2.24, 2.45) is 5.92 Å². The van der Waals surface area contributed by atoms with E-state index in [9.17, 15) is 9.59 Å². The second-order valence-electron chi connectivity index (χ2n) is 5.36. The molecule has 0 bridgehead atoms. The number of carbonyl (C=O) groups is 2. The summed E-state index contributed by atoms with van der Waals surface area (Å²) in [6.45, 7) is 1.65. The number of piperidine rings is 1. The van der Waals surface area contributed by atoms with Gasteiger partial charge in [0.15, 0.2) is 0 Å². The molecule has 0 radical (unpaired) electrons. The molecular weight excluding hydrogens is 244 g/mol. The Balaban J connectivity index is 1.71. The normalized spacial score (nSPS) is 23.1. The summed E-state index contributed by atoms with van der Waals surface area (Å²) in [4.78, 5) is 24.5. The maximum atomic E-state index is 11.9. The summed E-state index contributed by atoms with van der Waals surface area (Å²) in [7, 11) is 0. The van der Waals surface area contributed by atoms with E-state index in [4.69, 9.17) is 5.11 Å². The van der Waals surface area contributed by atoms with Gasteiger partial charge in [0.25, 0.3) is 0 Å². The van der Waals surface area contributed by atoms with Crippen molar-refractivity contribution in [3.8, 4) is 0 Å². The molecule has 2 rings (SSSR count). The first kappa shape index (κ1) is 13.9. The Labute approximate surface area is 113 Å². The first-order valence-corrected chi connectivity index (χ1v) is 7.10. The Bertz CT molecular complexity index is 379. The number of nitrogens with zero attached hydrogens (tertiary/aromatic N) is 1. The van der Waals surface area contributed by atoms with E-state index >= 15 is 0 Å². The summed E-state index contributed by atoms with van der Waals surface area (Å²) in [6.07, 6.45) is 8.17. The predicted molar refractivity (Wildman–Crippen MR) is 71.9 cm³/mol. The van der Waals surface area contributed by atoms with E-state index in [1.807, 2.05) is 0 Å². The van der Waals surface area contributed by atoms with E-state index in [0.29, 0.717) is 26.1 Å². The monoisotopic (exact) mass is 266 g/mol. The number of carboxylic acids is 1. The van der Waals surface area contributed by atoms with Gasteiger partial charge in [-0.1, -0.05) is 11.6 Å². The van der Waals surface area contributed by atoms with Crippen molar-refractivity contribution in [1.29, 1.82) is 0 Å². The van der Waals surface area contributed by atoms with E-state index in [0.717, 1.165) is 25.7 Å². The lowest BCUT2D eigenvalue weighted by molar-refractivity contribution is -0.143. The van der Waals surface area contributed by atoms with Crippen LogP contribution in [-0.4, -0.2) is 41.6 Å². The number of hydrogen-bond acceptors (Lipinski definition) is 2. The molecule has 1 unspecified atom stereocenters. The molecule has 1 aliphatic heterocycles. The Kier molecular flexibility index (Phi) is 4.82. The number of carboxylic acid groups (broad SMARTS) is 1. The number of urea groups is 1. The van der Waals surface area contributed by atoms with Crippen molar-refractivity contribution in [2.75, 3.05) is 19.6 Å². The molecule has 19 heavy (non-hydrogen) atoms. The molecule has 0 saturated carbocycles. The number of aliphatic carboxylic acids is 1. The molecule has 0 aromatic rings. The molecule has 1 saturated heterocycles. The van der Waals surface area contributed by atoms with Crippen molar-refractivity contribution in [3.63, 3.8) is 0 Å². The Morgan fingerprint density at radius 3 is 2.95 bits per heavy atom. The standard InChI is InChI=1S/C14H22N2O3/c17-13(18)12-6-3-9-16(10-12)14(19)15-8-7-11-4-1-2-5-11/h4,12H,1-3,5-10H2,(H,15,19)(H,17,18). The van der Waals surface area contributed by atoms with Gasteiger partial charge in [-0.05, 0) is 38.5 Å². The molecule has 1 aliphatic carbocycles. The predicted octanol–water partition coefficient (Wildman–Crippen LogP) is 1.99. The van der Waals surface area contributed by atoms with E-state index in [2.05, 4.69) is 11.4 Å². The van der Waals surface area contributed by atoms with E-state index in [1.165, 1.54) is 12.0 Å². The molecular formula is C14H22N2O3. The van der Waals surface area contributed by atoms with Crippen LogP contribution in [0.15, 0.2) is 11.6 Å². The van der Waals surface area contributed by atoms with Crippen LogP contribution in [0, 0.1) is 5.92 Å². The average molecular weight is 266 g/mol. The second kappa shape index (κ2) is 6.59. The fourth-order valence-electron chi connectivity index (χ4n) is 2.77. The summed E-state index contributed by atoms with van der Waals surface area (Å²) in [5.74, 6) is -1.20. The Hall–Kier alpha value is -1.52. The average Bonchev–Trinajstić information content (AvgIpc) is 2.92. The van der Waals surface area contributed by atoms with Gasteiger partial charge in [-0.2, -0.15) is 0 Å². The molecule has 0 aromatic heterocycles. The first-order chi connectivity index (χ1) is 9.16. The molecule has 106 valence electrons. The molecule has 1 atom stereocenters. The van der Waals surface area contributed by atoms with Crippen molar-refractivity contribution in [2.45, 2.75) is 38.5 Å². The minimum atomic E-state index is -0.798. The van der Waals surface area contributed by atoms with Crippen molar-refractivity contribution in [3.05, 3.63) is 11.6 Å². The Morgan fingerprint density at radius 1 is 1.42 bits per heavy atom. The van der Waals surface area contributed by atoms with Crippen molar-refractivity contribution >= 4 is 12.0 Å². The molecule has 5 nitrogen and oxygen atoms in total. The van der Waals surface area contributed by atoms with Gasteiger partial charge in [-0.25, -0.2) is 4.79 Å². The van der Waals surface area contributed by atoms with Gasteiger partial charge >= 0.3 is 12.0 Å². The molecule has 2 N–H and O–H groups in total. The molecule has 2 aliphatic rings. The van der Waals surface area contributed by atoms with Gasteiger partial charge in [0.2, 0.25) is 0 Å². The molecule has 0 spiro atoms. The maximum Gasteiger partial charge on any atom is 0.317 e. The van der Waals surface area contributed by atoms with Crippen LogP contribution < -0.4 is 5.32 Å². The largest absolute Gasteiger partial charge is 0.481 e. The topological polar surface area (TPSA) is 69.6 Å². The molecule has 2 amide bonds. The maximum absolute atomic E-state index is 11.9. The Morgan fingerprint density at radius 2 is 2.26 bits per heavy atom. The number of nitrogens with one attached hydrogen (secondary N) is 1. The number of carbonyl (C=O) groups excluding carboxylic acids is 1. The van der Waals surface area contributed by atoms with Crippen LogP contribution in [0.25, 0.3) is 0 Å². The van der Waals surface area contributed by atoms with Gasteiger partial charge in [0, 0.05) is 19.6 Å². The lowest BCUT2D eigenvalue weighted by Gasteiger charge is -2.30. The SMILES string of the molecule is O=C(O)C1CCCN(C(=O)NCCC2=CCCC2)C1. The number of rotatable bonds is 4. The molecule has 5 heteroatoms. The number of amides is 2. The molecule has 0 aromatic carbocycles. The highest BCUT2D eigenvalue weighted by Gasteiger charge is 2.27. The molecule has 1 heterocycles. The van der Waals surface area contributed by atoms with E-state index < -0.39 is 11.9 Å². The number of hydrogen-bond donors (Lipinski definition) is 2. The molecule has 1 fully saturated rings. The van der Waals surface area contributed by atoms with E-state index in [-0.39, 0.29) is 6.03 Å². The van der Waals surface area contributed by atoms with Crippen LogP contribution in [0.5, 0.6) is 0 Å². The van der Waals surface area contributed by atoms with Gasteiger partial charge < -0.3 is 15.3 Å². The number of likely N-dealkylation sites (tertiary alicyclic amines) is 1. The first-order valence-electron chi connectivity index (χ1n) is 7.10. The van der Waals surface area contributed by atoms with Crippen LogP contribution >= 0.6 is 0 Å².